The van der Waals surface area contributed by atoms with Crippen molar-refractivity contribution in [3.8, 4) is 10.6 Å². The summed E-state index contributed by atoms with van der Waals surface area (Å²) >= 11 is 7.30. The Hall–Kier alpha value is 0.190. The lowest BCUT2D eigenvalue weighted by Crippen LogP contribution is -1.59. The minimum Gasteiger partial charge on any atom is -0.449 e. The second kappa shape index (κ2) is 3.51. The summed E-state index contributed by atoms with van der Waals surface area (Å²) in [6.07, 6.45) is 0. The van der Waals surface area contributed by atoms with Crippen LogP contribution in [0.1, 0.15) is 0 Å². The zero-order chi connectivity index (χ0) is 8.55. The molecule has 1 nitrogen and oxygen atoms in total. The molecule has 4 heteroatoms. The van der Waals surface area contributed by atoms with Crippen molar-refractivity contribution in [2.24, 2.45) is 0 Å². The average molecular weight is 355 g/mol. The summed E-state index contributed by atoms with van der Waals surface area (Å²) in [7, 11) is 0. The SMILES string of the molecule is Brc1ccc(-c2ccc(I)s2)o1. The van der Waals surface area contributed by atoms with Crippen LogP contribution in [-0.2, 0) is 0 Å². The molecule has 0 bridgehead atoms. The molecule has 0 radical (unpaired) electrons. The van der Waals surface area contributed by atoms with Crippen LogP contribution in [0.15, 0.2) is 33.4 Å². The quantitative estimate of drug-likeness (QED) is 0.693. The van der Waals surface area contributed by atoms with Crippen LogP contribution >= 0.6 is 49.9 Å². The van der Waals surface area contributed by atoms with E-state index in [4.69, 9.17) is 4.42 Å². The van der Waals surface area contributed by atoms with Gasteiger partial charge in [0.05, 0.1) is 7.76 Å². The normalized spacial score (nSPS) is 10.5. The standard InChI is InChI=1S/C8H4BrIOS/c9-7-3-1-5(11-7)6-2-4-8(10)12-6/h1-4H. The first kappa shape index (κ1) is 8.77. The van der Waals surface area contributed by atoms with E-state index in [1.165, 1.54) is 7.76 Å². The maximum absolute atomic E-state index is 5.41. The first-order chi connectivity index (χ1) is 5.75. The fraction of sp³-hybridized carbons (Fsp3) is 0. The van der Waals surface area contributed by atoms with Gasteiger partial charge in [-0.15, -0.1) is 11.3 Å². The molecule has 0 aliphatic heterocycles. The van der Waals surface area contributed by atoms with E-state index in [-0.39, 0.29) is 0 Å². The molecule has 0 aliphatic rings. The number of thiophene rings is 1. The lowest BCUT2D eigenvalue weighted by atomic mass is 10.4. The molecule has 0 aromatic carbocycles. The Bertz CT molecular complexity index is 355. The summed E-state index contributed by atoms with van der Waals surface area (Å²) in [5.41, 5.74) is 0. The molecule has 0 saturated carbocycles. The zero-order valence-electron chi connectivity index (χ0n) is 5.88. The van der Waals surface area contributed by atoms with Crippen molar-refractivity contribution in [1.29, 1.82) is 0 Å². The van der Waals surface area contributed by atoms with Crippen LogP contribution in [0.2, 0.25) is 0 Å². The largest absolute Gasteiger partial charge is 0.449 e. The molecule has 0 fully saturated rings. The fourth-order valence-electron chi connectivity index (χ4n) is 0.893. The predicted octanol–water partition coefficient (Wildman–Crippen LogP) is 4.38. The van der Waals surface area contributed by atoms with Gasteiger partial charge in [-0.25, -0.2) is 0 Å². The van der Waals surface area contributed by atoms with E-state index < -0.39 is 0 Å². The van der Waals surface area contributed by atoms with Crippen molar-refractivity contribution in [2.75, 3.05) is 0 Å². The average Bonchev–Trinajstić information content (AvgIpc) is 2.58. The van der Waals surface area contributed by atoms with Crippen LogP contribution in [0.4, 0.5) is 0 Å². The molecule has 0 aliphatic carbocycles. The number of furan rings is 1. The highest BCUT2D eigenvalue weighted by Crippen LogP contribution is 2.31. The van der Waals surface area contributed by atoms with Gasteiger partial charge in [0.15, 0.2) is 4.67 Å². The second-order valence-electron chi connectivity index (χ2n) is 2.21. The zero-order valence-corrected chi connectivity index (χ0v) is 10.4. The van der Waals surface area contributed by atoms with E-state index in [9.17, 15) is 0 Å². The monoisotopic (exact) mass is 354 g/mol. The lowest BCUT2D eigenvalue weighted by molar-refractivity contribution is 0.557. The molecule has 0 spiro atoms. The molecule has 0 amide bonds. The predicted molar refractivity (Wildman–Crippen MR) is 62.4 cm³/mol. The molecular formula is C8H4BrIOS. The Morgan fingerprint density at radius 2 is 2.08 bits per heavy atom. The van der Waals surface area contributed by atoms with Crippen LogP contribution < -0.4 is 0 Å². The van der Waals surface area contributed by atoms with Crippen molar-refractivity contribution in [2.45, 2.75) is 0 Å². The van der Waals surface area contributed by atoms with Gasteiger partial charge in [0.2, 0.25) is 0 Å². The summed E-state index contributed by atoms with van der Waals surface area (Å²) in [5.74, 6) is 0.926. The van der Waals surface area contributed by atoms with Gasteiger partial charge in [-0.1, -0.05) is 0 Å². The Morgan fingerprint density at radius 1 is 1.25 bits per heavy atom. The van der Waals surface area contributed by atoms with Gasteiger partial charge >= 0.3 is 0 Å². The van der Waals surface area contributed by atoms with E-state index in [1.54, 1.807) is 11.3 Å². The molecule has 12 heavy (non-hydrogen) atoms. The summed E-state index contributed by atoms with van der Waals surface area (Å²) in [5, 5.41) is 0. The van der Waals surface area contributed by atoms with E-state index in [0.29, 0.717) is 0 Å². The third-order valence-electron chi connectivity index (χ3n) is 1.39. The Kier molecular flexibility index (Phi) is 2.57. The van der Waals surface area contributed by atoms with Crippen molar-refractivity contribution >= 4 is 49.9 Å². The highest BCUT2D eigenvalue weighted by atomic mass is 127. The third kappa shape index (κ3) is 1.75. The molecule has 2 aromatic rings. The Balaban J connectivity index is 2.43. The van der Waals surface area contributed by atoms with Gasteiger partial charge in [0.1, 0.15) is 5.76 Å². The van der Waals surface area contributed by atoms with Crippen molar-refractivity contribution in [3.05, 3.63) is 31.8 Å². The number of halogens is 2. The molecule has 0 unspecified atom stereocenters. The Labute approximate surface area is 96.1 Å². The summed E-state index contributed by atoms with van der Waals surface area (Å²) in [4.78, 5) is 1.17. The maximum Gasteiger partial charge on any atom is 0.169 e. The fourth-order valence-corrected chi connectivity index (χ4v) is 2.78. The number of hydrogen-bond donors (Lipinski definition) is 0. The summed E-state index contributed by atoms with van der Waals surface area (Å²) < 4.78 is 7.46. The van der Waals surface area contributed by atoms with Crippen LogP contribution in [0, 0.1) is 2.88 Å². The van der Waals surface area contributed by atoms with E-state index >= 15 is 0 Å². The molecule has 0 saturated heterocycles. The molecular weight excluding hydrogens is 351 g/mol. The summed E-state index contributed by atoms with van der Waals surface area (Å²) in [6.45, 7) is 0. The minimum atomic E-state index is 0.779. The van der Waals surface area contributed by atoms with E-state index in [2.05, 4.69) is 50.7 Å². The van der Waals surface area contributed by atoms with Gasteiger partial charge in [0.25, 0.3) is 0 Å². The van der Waals surface area contributed by atoms with Gasteiger partial charge in [0, 0.05) is 0 Å². The minimum absolute atomic E-state index is 0.779. The highest BCUT2D eigenvalue weighted by Gasteiger charge is 2.04. The van der Waals surface area contributed by atoms with Gasteiger partial charge < -0.3 is 4.42 Å². The van der Waals surface area contributed by atoms with Crippen molar-refractivity contribution in [1.82, 2.24) is 0 Å². The van der Waals surface area contributed by atoms with Gasteiger partial charge in [-0.2, -0.15) is 0 Å². The third-order valence-corrected chi connectivity index (χ3v) is 3.72. The van der Waals surface area contributed by atoms with Gasteiger partial charge in [-0.05, 0) is 62.8 Å². The summed E-state index contributed by atoms with van der Waals surface area (Å²) in [6, 6.07) is 8.02. The van der Waals surface area contributed by atoms with Crippen LogP contribution in [0.25, 0.3) is 10.6 Å². The molecule has 0 atom stereocenters. The first-order valence-electron chi connectivity index (χ1n) is 3.27. The van der Waals surface area contributed by atoms with E-state index in [0.717, 1.165) is 10.4 Å². The van der Waals surface area contributed by atoms with Crippen LogP contribution in [-0.4, -0.2) is 0 Å². The second-order valence-corrected chi connectivity index (χ2v) is 5.97. The number of rotatable bonds is 1. The Morgan fingerprint density at radius 3 is 2.58 bits per heavy atom. The smallest absolute Gasteiger partial charge is 0.169 e. The van der Waals surface area contributed by atoms with E-state index in [1.807, 2.05) is 12.1 Å². The lowest BCUT2D eigenvalue weighted by Gasteiger charge is -1.86. The molecule has 0 N–H and O–H groups in total. The topological polar surface area (TPSA) is 13.1 Å². The van der Waals surface area contributed by atoms with Gasteiger partial charge in [-0.3, -0.25) is 0 Å². The molecule has 2 heterocycles. The van der Waals surface area contributed by atoms with Crippen molar-refractivity contribution in [3.63, 3.8) is 0 Å². The molecule has 2 rings (SSSR count). The van der Waals surface area contributed by atoms with Crippen LogP contribution in [0.3, 0.4) is 0 Å². The maximum atomic E-state index is 5.41. The number of hydrogen-bond acceptors (Lipinski definition) is 2. The highest BCUT2D eigenvalue weighted by molar-refractivity contribution is 14.1. The first-order valence-corrected chi connectivity index (χ1v) is 5.95. The molecule has 2 aromatic heterocycles. The van der Waals surface area contributed by atoms with Crippen LogP contribution in [0.5, 0.6) is 0 Å². The molecule has 62 valence electrons. The van der Waals surface area contributed by atoms with Crippen molar-refractivity contribution < 1.29 is 4.42 Å².